The summed E-state index contributed by atoms with van der Waals surface area (Å²) in [5, 5.41) is 0.812. The second-order valence-electron chi connectivity index (χ2n) is 4.09. The first kappa shape index (κ1) is 10.7. The normalized spacial score (nSPS) is 11.5. The molecule has 0 bridgehead atoms. The van der Waals surface area contributed by atoms with Gasteiger partial charge in [0.15, 0.2) is 0 Å². The van der Waals surface area contributed by atoms with Crippen LogP contribution in [0.25, 0.3) is 5.52 Å². The number of fused-ring (bicyclic) bond motifs is 1. The van der Waals surface area contributed by atoms with Gasteiger partial charge in [0.05, 0.1) is 11.2 Å². The summed E-state index contributed by atoms with van der Waals surface area (Å²) in [4.78, 5) is 4.68. The molecule has 0 N–H and O–H groups in total. The highest BCUT2D eigenvalue weighted by atomic mass is 79.9. The Labute approximate surface area is 98.5 Å². The van der Waals surface area contributed by atoms with Crippen molar-refractivity contribution in [3.63, 3.8) is 0 Å². The van der Waals surface area contributed by atoms with Crippen molar-refractivity contribution in [2.24, 2.45) is 0 Å². The molecule has 2 nitrogen and oxygen atoms in total. The number of alkyl halides is 1. The Morgan fingerprint density at radius 1 is 1.40 bits per heavy atom. The monoisotopic (exact) mass is 266 g/mol. The van der Waals surface area contributed by atoms with Crippen molar-refractivity contribution >= 4 is 21.4 Å². The van der Waals surface area contributed by atoms with E-state index in [1.165, 1.54) is 11.2 Å². The quantitative estimate of drug-likeness (QED) is 0.759. The SMILES string of the molecule is Cc1cccc2c(CBr)nc(C(C)C)n12. The molecule has 3 heteroatoms. The molecule has 0 saturated carbocycles. The second kappa shape index (κ2) is 3.97. The maximum Gasteiger partial charge on any atom is 0.116 e. The molecule has 2 heterocycles. The van der Waals surface area contributed by atoms with Crippen LogP contribution in [-0.2, 0) is 5.33 Å². The van der Waals surface area contributed by atoms with Gasteiger partial charge in [0.2, 0.25) is 0 Å². The summed E-state index contributed by atoms with van der Waals surface area (Å²) in [6, 6.07) is 6.34. The summed E-state index contributed by atoms with van der Waals surface area (Å²) < 4.78 is 2.25. The highest BCUT2D eigenvalue weighted by Gasteiger charge is 2.13. The molecule has 0 atom stereocenters. The third-order valence-electron chi connectivity index (χ3n) is 2.60. The van der Waals surface area contributed by atoms with E-state index in [0.29, 0.717) is 5.92 Å². The molecule has 2 aromatic rings. The first-order chi connectivity index (χ1) is 7.15. The van der Waals surface area contributed by atoms with Gasteiger partial charge >= 0.3 is 0 Å². The van der Waals surface area contributed by atoms with Crippen LogP contribution in [0.1, 0.15) is 37.0 Å². The maximum atomic E-state index is 4.68. The first-order valence-corrected chi connectivity index (χ1v) is 6.30. The zero-order chi connectivity index (χ0) is 11.0. The summed E-state index contributed by atoms with van der Waals surface area (Å²) >= 11 is 3.49. The fraction of sp³-hybridized carbons (Fsp3) is 0.417. The molecule has 2 rings (SSSR count). The van der Waals surface area contributed by atoms with Gasteiger partial charge in [-0.25, -0.2) is 4.98 Å². The molecule has 0 amide bonds. The van der Waals surface area contributed by atoms with Crippen molar-refractivity contribution in [1.82, 2.24) is 9.38 Å². The highest BCUT2D eigenvalue weighted by molar-refractivity contribution is 9.08. The molecule has 0 aliphatic rings. The highest BCUT2D eigenvalue weighted by Crippen LogP contribution is 2.22. The first-order valence-electron chi connectivity index (χ1n) is 5.18. The molecule has 0 aliphatic carbocycles. The smallest absolute Gasteiger partial charge is 0.116 e. The van der Waals surface area contributed by atoms with Crippen molar-refractivity contribution in [2.75, 3.05) is 0 Å². The van der Waals surface area contributed by atoms with Gasteiger partial charge in [0.1, 0.15) is 5.82 Å². The Morgan fingerprint density at radius 3 is 2.73 bits per heavy atom. The predicted molar refractivity (Wildman–Crippen MR) is 66.6 cm³/mol. The number of imidazole rings is 1. The second-order valence-corrected chi connectivity index (χ2v) is 4.65. The molecule has 0 saturated heterocycles. The number of halogens is 1. The molecule has 0 radical (unpaired) electrons. The molecule has 0 aromatic carbocycles. The average Bonchev–Trinajstić information content (AvgIpc) is 2.58. The number of pyridine rings is 1. The fourth-order valence-corrected chi connectivity index (χ4v) is 2.29. The topological polar surface area (TPSA) is 17.3 Å². The van der Waals surface area contributed by atoms with E-state index in [2.05, 4.69) is 64.3 Å². The van der Waals surface area contributed by atoms with Gasteiger partial charge in [-0.2, -0.15) is 0 Å². The van der Waals surface area contributed by atoms with E-state index in [9.17, 15) is 0 Å². The van der Waals surface area contributed by atoms with E-state index >= 15 is 0 Å². The third kappa shape index (κ3) is 1.69. The van der Waals surface area contributed by atoms with Crippen LogP contribution >= 0.6 is 15.9 Å². The molecule has 15 heavy (non-hydrogen) atoms. The molecule has 0 unspecified atom stereocenters. The Morgan fingerprint density at radius 2 is 2.13 bits per heavy atom. The number of rotatable bonds is 2. The summed E-state index contributed by atoms with van der Waals surface area (Å²) in [6.45, 7) is 6.48. The Hall–Kier alpha value is -0.830. The Bertz CT molecular complexity index is 486. The lowest BCUT2D eigenvalue weighted by Crippen LogP contribution is -1.99. The standard InChI is InChI=1S/C12H15BrN2/c1-8(2)12-14-10(7-13)11-6-4-5-9(3)15(11)12/h4-6,8H,7H2,1-3H3. The van der Waals surface area contributed by atoms with Gasteiger partial charge in [-0.05, 0) is 19.1 Å². The number of aryl methyl sites for hydroxylation is 1. The summed E-state index contributed by atoms with van der Waals surface area (Å²) in [5.74, 6) is 1.60. The number of nitrogens with zero attached hydrogens (tertiary/aromatic N) is 2. The van der Waals surface area contributed by atoms with Crippen molar-refractivity contribution < 1.29 is 0 Å². The Kier molecular flexibility index (Phi) is 2.83. The molecule has 0 fully saturated rings. The van der Waals surface area contributed by atoms with Crippen LogP contribution in [0.15, 0.2) is 18.2 Å². The van der Waals surface area contributed by atoms with Crippen LogP contribution in [0.3, 0.4) is 0 Å². The summed E-state index contributed by atoms with van der Waals surface area (Å²) in [6.07, 6.45) is 0. The van der Waals surface area contributed by atoms with Crippen LogP contribution in [0.2, 0.25) is 0 Å². The molecular weight excluding hydrogens is 252 g/mol. The van der Waals surface area contributed by atoms with Gasteiger partial charge < -0.3 is 4.40 Å². The average molecular weight is 267 g/mol. The fourth-order valence-electron chi connectivity index (χ4n) is 1.88. The van der Waals surface area contributed by atoms with Gasteiger partial charge in [-0.15, -0.1) is 0 Å². The van der Waals surface area contributed by atoms with Crippen LogP contribution < -0.4 is 0 Å². The number of hydrogen-bond donors (Lipinski definition) is 0. The minimum atomic E-state index is 0.450. The lowest BCUT2D eigenvalue weighted by atomic mass is 10.2. The summed E-state index contributed by atoms with van der Waals surface area (Å²) in [5.41, 5.74) is 3.59. The van der Waals surface area contributed by atoms with Crippen molar-refractivity contribution in [1.29, 1.82) is 0 Å². The van der Waals surface area contributed by atoms with Crippen LogP contribution in [-0.4, -0.2) is 9.38 Å². The van der Waals surface area contributed by atoms with Gasteiger partial charge in [-0.3, -0.25) is 0 Å². The molecule has 0 aliphatic heterocycles. The zero-order valence-electron chi connectivity index (χ0n) is 9.29. The lowest BCUT2D eigenvalue weighted by Gasteiger charge is -2.06. The van der Waals surface area contributed by atoms with Gasteiger partial charge in [0, 0.05) is 16.9 Å². The molecular formula is C12H15BrN2. The maximum absolute atomic E-state index is 4.68. The lowest BCUT2D eigenvalue weighted by molar-refractivity contribution is 0.760. The van der Waals surface area contributed by atoms with Gasteiger partial charge in [-0.1, -0.05) is 35.8 Å². The Balaban J connectivity index is 2.82. The number of aromatic nitrogens is 2. The third-order valence-corrected chi connectivity index (χ3v) is 3.13. The summed E-state index contributed by atoms with van der Waals surface area (Å²) in [7, 11) is 0. The van der Waals surface area contributed by atoms with E-state index < -0.39 is 0 Å². The zero-order valence-corrected chi connectivity index (χ0v) is 10.9. The molecule has 80 valence electrons. The molecule has 2 aromatic heterocycles. The van der Waals surface area contributed by atoms with E-state index in [0.717, 1.165) is 16.8 Å². The van der Waals surface area contributed by atoms with Crippen molar-refractivity contribution in [3.05, 3.63) is 35.4 Å². The predicted octanol–water partition coefficient (Wildman–Crippen LogP) is 3.66. The van der Waals surface area contributed by atoms with E-state index in [-0.39, 0.29) is 0 Å². The van der Waals surface area contributed by atoms with Crippen molar-refractivity contribution in [2.45, 2.75) is 32.0 Å². The van der Waals surface area contributed by atoms with Crippen LogP contribution in [0.4, 0.5) is 0 Å². The number of hydrogen-bond acceptors (Lipinski definition) is 1. The largest absolute Gasteiger partial charge is 0.300 e. The van der Waals surface area contributed by atoms with Crippen LogP contribution in [0.5, 0.6) is 0 Å². The minimum absolute atomic E-state index is 0.450. The van der Waals surface area contributed by atoms with Crippen LogP contribution in [0, 0.1) is 6.92 Å². The molecule has 0 spiro atoms. The minimum Gasteiger partial charge on any atom is -0.300 e. The van der Waals surface area contributed by atoms with Gasteiger partial charge in [0.25, 0.3) is 0 Å². The van der Waals surface area contributed by atoms with E-state index in [4.69, 9.17) is 0 Å². The van der Waals surface area contributed by atoms with E-state index in [1.54, 1.807) is 0 Å². The van der Waals surface area contributed by atoms with E-state index in [1.807, 2.05) is 0 Å². The van der Waals surface area contributed by atoms with Crippen molar-refractivity contribution in [3.8, 4) is 0 Å².